The van der Waals surface area contributed by atoms with E-state index in [9.17, 15) is 4.79 Å². The van der Waals surface area contributed by atoms with Gasteiger partial charge in [-0.3, -0.25) is 0 Å². The highest BCUT2D eigenvalue weighted by Gasteiger charge is 2.30. The van der Waals surface area contributed by atoms with Crippen molar-refractivity contribution in [1.82, 2.24) is 4.90 Å². The second-order valence-corrected chi connectivity index (χ2v) is 8.63. The third-order valence-corrected chi connectivity index (χ3v) is 6.13. The Morgan fingerprint density at radius 3 is 2.04 bits per heavy atom. The molecular weight excluding hydrogens is 340 g/mol. The first kappa shape index (κ1) is 18.8. The lowest BCUT2D eigenvalue weighted by atomic mass is 10.0. The molecule has 3 nitrogen and oxygen atoms in total. The van der Waals surface area contributed by atoms with Gasteiger partial charge in [-0.05, 0) is 40.7 Å². The van der Waals surface area contributed by atoms with Gasteiger partial charge in [0.2, 0.25) is 0 Å². The Kier molecular flexibility index (Phi) is 5.92. The van der Waals surface area contributed by atoms with Crippen molar-refractivity contribution in [2.24, 2.45) is 0 Å². The number of hydrogen-bond donors (Lipinski definition) is 1. The summed E-state index contributed by atoms with van der Waals surface area (Å²) in [6.07, 6.45) is 0. The van der Waals surface area contributed by atoms with Crippen LogP contribution in [0, 0.1) is 0 Å². The molecule has 0 spiro atoms. The largest absolute Gasteiger partial charge is 0.323 e. The summed E-state index contributed by atoms with van der Waals surface area (Å²) >= 11 is 1.83. The Morgan fingerprint density at radius 2 is 1.50 bits per heavy atom. The molecular formula is C22H28N2OS. The summed E-state index contributed by atoms with van der Waals surface area (Å²) in [5.41, 5.74) is 4.66. The molecule has 1 aliphatic heterocycles. The van der Waals surface area contributed by atoms with Crippen molar-refractivity contribution in [3.05, 3.63) is 65.2 Å². The summed E-state index contributed by atoms with van der Waals surface area (Å²) in [6.45, 7) is 9.51. The molecule has 0 aromatic heterocycles. The molecule has 1 fully saturated rings. The first-order chi connectivity index (χ1) is 12.5. The molecule has 0 unspecified atom stereocenters. The Balaban J connectivity index is 1.69. The van der Waals surface area contributed by atoms with Gasteiger partial charge in [0.1, 0.15) is 5.37 Å². The molecule has 1 N–H and O–H groups in total. The van der Waals surface area contributed by atoms with Crippen LogP contribution in [0.2, 0.25) is 0 Å². The van der Waals surface area contributed by atoms with E-state index in [1.807, 2.05) is 28.8 Å². The second kappa shape index (κ2) is 8.17. The van der Waals surface area contributed by atoms with E-state index in [0.29, 0.717) is 11.8 Å². The van der Waals surface area contributed by atoms with Crippen LogP contribution in [0.15, 0.2) is 48.5 Å². The normalized spacial score (nSPS) is 17.2. The molecule has 1 atom stereocenters. The molecule has 0 aliphatic carbocycles. The van der Waals surface area contributed by atoms with Gasteiger partial charge in [-0.15, -0.1) is 11.8 Å². The molecule has 138 valence electrons. The molecule has 1 heterocycles. The summed E-state index contributed by atoms with van der Waals surface area (Å²) < 4.78 is 0. The number of carbonyl (C=O) groups is 1. The lowest BCUT2D eigenvalue weighted by molar-refractivity contribution is 0.214. The molecule has 1 saturated heterocycles. The Labute approximate surface area is 161 Å². The predicted octanol–water partition coefficient (Wildman–Crippen LogP) is 6.21. The van der Waals surface area contributed by atoms with Gasteiger partial charge >= 0.3 is 6.03 Å². The van der Waals surface area contributed by atoms with E-state index >= 15 is 0 Å². The number of urea groups is 1. The van der Waals surface area contributed by atoms with Crippen LogP contribution in [0.4, 0.5) is 10.5 Å². The highest BCUT2D eigenvalue weighted by atomic mass is 32.2. The number of nitrogens with zero attached hydrogens (tertiary/aromatic N) is 1. The Hall–Kier alpha value is -1.94. The maximum Gasteiger partial charge on any atom is 0.323 e. The Bertz CT molecular complexity index is 738. The van der Waals surface area contributed by atoms with Crippen molar-refractivity contribution in [3.8, 4) is 0 Å². The summed E-state index contributed by atoms with van der Waals surface area (Å²) in [7, 11) is 0. The van der Waals surface area contributed by atoms with E-state index in [0.717, 1.165) is 18.0 Å². The van der Waals surface area contributed by atoms with Crippen LogP contribution in [-0.4, -0.2) is 23.2 Å². The number of nitrogens with one attached hydrogen (secondary N) is 1. The number of anilines is 1. The molecule has 1 aliphatic rings. The van der Waals surface area contributed by atoms with Gasteiger partial charge in [0.15, 0.2) is 0 Å². The van der Waals surface area contributed by atoms with Crippen molar-refractivity contribution in [1.29, 1.82) is 0 Å². The van der Waals surface area contributed by atoms with Gasteiger partial charge in [-0.2, -0.15) is 0 Å². The lowest BCUT2D eigenvalue weighted by Gasteiger charge is -2.25. The minimum Gasteiger partial charge on any atom is -0.308 e. The number of rotatable bonds is 4. The zero-order valence-electron chi connectivity index (χ0n) is 16.0. The first-order valence-corrected chi connectivity index (χ1v) is 10.4. The minimum absolute atomic E-state index is 0.0229. The van der Waals surface area contributed by atoms with Crippen LogP contribution in [0.5, 0.6) is 0 Å². The summed E-state index contributed by atoms with van der Waals surface area (Å²) in [5, 5.41) is 3.14. The fraction of sp³-hybridized carbons (Fsp3) is 0.409. The highest BCUT2D eigenvalue weighted by molar-refractivity contribution is 7.99. The van der Waals surface area contributed by atoms with Crippen LogP contribution in [0.25, 0.3) is 0 Å². The quantitative estimate of drug-likeness (QED) is 0.695. The molecule has 2 aromatic carbocycles. The van der Waals surface area contributed by atoms with E-state index in [1.54, 1.807) is 0 Å². The molecule has 26 heavy (non-hydrogen) atoms. The summed E-state index contributed by atoms with van der Waals surface area (Å²) in [6, 6.07) is 16.8. The van der Waals surface area contributed by atoms with Crippen molar-refractivity contribution in [2.45, 2.75) is 44.9 Å². The highest BCUT2D eigenvalue weighted by Crippen LogP contribution is 2.38. The summed E-state index contributed by atoms with van der Waals surface area (Å²) in [5.74, 6) is 1.98. The predicted molar refractivity (Wildman–Crippen MR) is 112 cm³/mol. The second-order valence-electron chi connectivity index (χ2n) is 7.44. The van der Waals surface area contributed by atoms with E-state index < -0.39 is 0 Å². The van der Waals surface area contributed by atoms with Crippen molar-refractivity contribution < 1.29 is 4.79 Å². The standard InChI is InChI=1S/C22H28N2OS/c1-15(2)17-5-7-19(8-6-17)21-24(13-14-26-21)22(25)23-20-11-9-18(10-12-20)16(3)4/h5-12,15-16,21H,13-14H2,1-4H3,(H,23,25)/t21-/m1/s1. The molecule has 0 bridgehead atoms. The van der Waals surface area contributed by atoms with Gasteiger partial charge in [0, 0.05) is 18.0 Å². The van der Waals surface area contributed by atoms with Gasteiger partial charge in [0.25, 0.3) is 0 Å². The SMILES string of the molecule is CC(C)c1ccc(NC(=O)N2CCS[C@@H]2c2ccc(C(C)C)cc2)cc1. The van der Waals surface area contributed by atoms with Gasteiger partial charge in [0.05, 0.1) is 0 Å². The maximum atomic E-state index is 12.8. The van der Waals surface area contributed by atoms with Crippen LogP contribution in [0.3, 0.4) is 0 Å². The zero-order valence-corrected chi connectivity index (χ0v) is 16.8. The molecule has 3 rings (SSSR count). The van der Waals surface area contributed by atoms with E-state index in [-0.39, 0.29) is 11.4 Å². The topological polar surface area (TPSA) is 32.3 Å². The lowest BCUT2D eigenvalue weighted by Crippen LogP contribution is -2.34. The van der Waals surface area contributed by atoms with Gasteiger partial charge in [-0.25, -0.2) is 4.79 Å². The molecule has 0 saturated carbocycles. The zero-order chi connectivity index (χ0) is 18.7. The number of carbonyl (C=O) groups excluding carboxylic acids is 1. The number of hydrogen-bond acceptors (Lipinski definition) is 2. The Morgan fingerprint density at radius 1 is 0.962 bits per heavy atom. The molecule has 4 heteroatoms. The van der Waals surface area contributed by atoms with E-state index in [1.165, 1.54) is 16.7 Å². The summed E-state index contributed by atoms with van der Waals surface area (Å²) in [4.78, 5) is 14.7. The number of benzene rings is 2. The van der Waals surface area contributed by atoms with Crippen LogP contribution >= 0.6 is 11.8 Å². The maximum absolute atomic E-state index is 12.8. The van der Waals surface area contributed by atoms with Gasteiger partial charge in [-0.1, -0.05) is 64.1 Å². The third-order valence-electron chi connectivity index (χ3n) is 4.87. The van der Waals surface area contributed by atoms with E-state index in [2.05, 4.69) is 69.4 Å². The van der Waals surface area contributed by atoms with Crippen molar-refractivity contribution in [2.75, 3.05) is 17.6 Å². The monoisotopic (exact) mass is 368 g/mol. The molecule has 0 radical (unpaired) electrons. The minimum atomic E-state index is -0.0229. The van der Waals surface area contributed by atoms with Gasteiger partial charge < -0.3 is 10.2 Å². The van der Waals surface area contributed by atoms with Crippen molar-refractivity contribution >= 4 is 23.5 Å². The number of thioether (sulfide) groups is 1. The average molecular weight is 369 g/mol. The van der Waals surface area contributed by atoms with E-state index in [4.69, 9.17) is 0 Å². The fourth-order valence-electron chi connectivity index (χ4n) is 3.15. The third kappa shape index (κ3) is 4.24. The number of amides is 2. The molecule has 2 aromatic rings. The first-order valence-electron chi connectivity index (χ1n) is 9.34. The fourth-order valence-corrected chi connectivity index (χ4v) is 4.40. The van der Waals surface area contributed by atoms with Crippen LogP contribution in [-0.2, 0) is 0 Å². The van der Waals surface area contributed by atoms with Crippen molar-refractivity contribution in [3.63, 3.8) is 0 Å². The van der Waals surface area contributed by atoms with Crippen LogP contribution in [0.1, 0.15) is 61.6 Å². The smallest absolute Gasteiger partial charge is 0.308 e. The van der Waals surface area contributed by atoms with Crippen LogP contribution < -0.4 is 5.32 Å². The molecule has 2 amide bonds. The average Bonchev–Trinajstić information content (AvgIpc) is 3.12.